The van der Waals surface area contributed by atoms with E-state index in [1.165, 1.54) is 5.56 Å². The number of β-amino-alcohol motifs (C(OH)–C–C–N with tert-alkyl or cyclic N) is 1. The minimum absolute atomic E-state index is 0.0316. The van der Waals surface area contributed by atoms with E-state index >= 15 is 0 Å². The molecule has 0 radical (unpaired) electrons. The number of aliphatic hydroxyl groups is 1. The maximum Gasteiger partial charge on any atom is 0.234 e. The first kappa shape index (κ1) is 17.9. The molecule has 1 fully saturated rings. The maximum atomic E-state index is 12.2. The zero-order valence-corrected chi connectivity index (χ0v) is 14.3. The van der Waals surface area contributed by atoms with Crippen molar-refractivity contribution in [3.63, 3.8) is 0 Å². The number of amides is 1. The molecule has 1 amide bonds. The van der Waals surface area contributed by atoms with Crippen molar-refractivity contribution in [2.24, 2.45) is 0 Å². The fourth-order valence-corrected chi connectivity index (χ4v) is 2.93. The van der Waals surface area contributed by atoms with Gasteiger partial charge in [-0.25, -0.2) is 0 Å². The number of hydrogen-bond acceptors (Lipinski definition) is 4. The molecule has 1 saturated heterocycles. The Bertz CT molecular complexity index is 482. The summed E-state index contributed by atoms with van der Waals surface area (Å²) in [5.74, 6) is 0.0766. The Hall–Kier alpha value is -1.43. The summed E-state index contributed by atoms with van der Waals surface area (Å²) >= 11 is 0. The largest absolute Gasteiger partial charge is 0.395 e. The number of benzene rings is 1. The molecule has 1 unspecified atom stereocenters. The van der Waals surface area contributed by atoms with Crippen LogP contribution >= 0.6 is 0 Å². The summed E-state index contributed by atoms with van der Waals surface area (Å²) in [6.45, 7) is 9.15. The summed E-state index contributed by atoms with van der Waals surface area (Å²) in [5, 5.41) is 12.0. The van der Waals surface area contributed by atoms with Crippen LogP contribution in [0.4, 0.5) is 0 Å². The molecule has 0 aliphatic carbocycles. The quantitative estimate of drug-likeness (QED) is 0.788. The lowest BCUT2D eigenvalue weighted by Crippen LogP contribution is -2.50. The van der Waals surface area contributed by atoms with Crippen LogP contribution in [0.25, 0.3) is 0 Å². The van der Waals surface area contributed by atoms with Gasteiger partial charge in [0, 0.05) is 32.7 Å². The minimum Gasteiger partial charge on any atom is -0.395 e. The monoisotopic (exact) mass is 319 g/mol. The van der Waals surface area contributed by atoms with Gasteiger partial charge in [-0.15, -0.1) is 0 Å². The van der Waals surface area contributed by atoms with Crippen molar-refractivity contribution < 1.29 is 9.90 Å². The van der Waals surface area contributed by atoms with Crippen molar-refractivity contribution in [2.75, 3.05) is 45.9 Å². The maximum absolute atomic E-state index is 12.2. The summed E-state index contributed by atoms with van der Waals surface area (Å²) in [6.07, 6.45) is 1.03. The number of carbonyl (C=O) groups is 1. The molecular formula is C18H29N3O2. The van der Waals surface area contributed by atoms with E-state index in [0.29, 0.717) is 6.54 Å². The lowest BCUT2D eigenvalue weighted by Gasteiger charge is -2.34. The summed E-state index contributed by atoms with van der Waals surface area (Å²) in [4.78, 5) is 16.6. The van der Waals surface area contributed by atoms with Gasteiger partial charge in [-0.2, -0.15) is 0 Å². The molecule has 128 valence electrons. The van der Waals surface area contributed by atoms with E-state index in [0.717, 1.165) is 44.7 Å². The Morgan fingerprint density at radius 1 is 1.17 bits per heavy atom. The van der Waals surface area contributed by atoms with Crippen molar-refractivity contribution in [3.05, 3.63) is 35.4 Å². The molecule has 0 aromatic heterocycles. The second-order valence-corrected chi connectivity index (χ2v) is 6.23. The molecule has 2 N–H and O–H groups in total. The van der Waals surface area contributed by atoms with E-state index in [1.807, 2.05) is 6.92 Å². The molecule has 5 heteroatoms. The molecule has 1 atom stereocenters. The van der Waals surface area contributed by atoms with Crippen LogP contribution in [0.2, 0.25) is 0 Å². The zero-order chi connectivity index (χ0) is 16.7. The molecule has 1 heterocycles. The van der Waals surface area contributed by atoms with Gasteiger partial charge in [-0.3, -0.25) is 14.6 Å². The summed E-state index contributed by atoms with van der Waals surface area (Å²) < 4.78 is 0. The van der Waals surface area contributed by atoms with Gasteiger partial charge in [-0.05, 0) is 24.5 Å². The molecule has 1 aliphatic heterocycles. The average Bonchev–Trinajstić information content (AvgIpc) is 2.57. The number of hydrogen-bond donors (Lipinski definition) is 2. The van der Waals surface area contributed by atoms with E-state index in [2.05, 4.69) is 46.3 Å². The first-order valence-electron chi connectivity index (χ1n) is 8.56. The van der Waals surface area contributed by atoms with Crippen LogP contribution in [-0.4, -0.2) is 66.7 Å². The molecule has 1 aliphatic rings. The van der Waals surface area contributed by atoms with Crippen molar-refractivity contribution in [1.82, 2.24) is 15.1 Å². The molecule has 0 bridgehead atoms. The number of carbonyl (C=O) groups excluding carboxylic acids is 1. The number of aliphatic hydroxyl groups excluding tert-OH is 1. The van der Waals surface area contributed by atoms with Crippen molar-refractivity contribution in [2.45, 2.75) is 26.3 Å². The van der Waals surface area contributed by atoms with Gasteiger partial charge >= 0.3 is 0 Å². The number of nitrogens with zero attached hydrogens (tertiary/aromatic N) is 2. The zero-order valence-electron chi connectivity index (χ0n) is 14.3. The highest BCUT2D eigenvalue weighted by Gasteiger charge is 2.19. The Morgan fingerprint density at radius 2 is 1.78 bits per heavy atom. The lowest BCUT2D eigenvalue weighted by molar-refractivity contribution is -0.123. The lowest BCUT2D eigenvalue weighted by atomic mass is 10.1. The third-order valence-electron chi connectivity index (χ3n) is 4.51. The first-order valence-corrected chi connectivity index (χ1v) is 8.56. The van der Waals surface area contributed by atoms with Crippen LogP contribution in [0, 0.1) is 0 Å². The molecule has 1 aromatic rings. The molecule has 1 aromatic carbocycles. The highest BCUT2D eigenvalue weighted by Crippen LogP contribution is 2.13. The highest BCUT2D eigenvalue weighted by molar-refractivity contribution is 5.78. The van der Waals surface area contributed by atoms with Gasteiger partial charge in [-0.1, -0.05) is 31.2 Å². The SMILES string of the molecule is CCc1ccc(C(C)NC(=O)CN2CCN(CCO)CC2)cc1. The molecular weight excluding hydrogens is 290 g/mol. The fraction of sp³-hybridized carbons (Fsp3) is 0.611. The van der Waals surface area contributed by atoms with Crippen LogP contribution < -0.4 is 5.32 Å². The predicted octanol–water partition coefficient (Wildman–Crippen LogP) is 1.04. The summed E-state index contributed by atoms with van der Waals surface area (Å²) in [6, 6.07) is 8.47. The standard InChI is InChI=1S/C18H29N3O2/c1-3-16-4-6-17(7-5-16)15(2)19-18(23)14-21-10-8-20(9-11-21)12-13-22/h4-7,15,22H,3,8-14H2,1-2H3,(H,19,23). The Morgan fingerprint density at radius 3 is 2.35 bits per heavy atom. The summed E-state index contributed by atoms with van der Waals surface area (Å²) in [7, 11) is 0. The van der Waals surface area contributed by atoms with Crippen LogP contribution in [0.1, 0.15) is 31.0 Å². The summed E-state index contributed by atoms with van der Waals surface area (Å²) in [5.41, 5.74) is 2.45. The number of piperazine rings is 1. The molecule has 2 rings (SSSR count). The normalized spacial score (nSPS) is 17.9. The third kappa shape index (κ3) is 5.61. The van der Waals surface area contributed by atoms with Gasteiger partial charge in [0.1, 0.15) is 0 Å². The van der Waals surface area contributed by atoms with Gasteiger partial charge in [0.15, 0.2) is 0 Å². The van der Waals surface area contributed by atoms with Gasteiger partial charge < -0.3 is 10.4 Å². The second-order valence-electron chi connectivity index (χ2n) is 6.23. The number of aryl methyl sites for hydroxylation is 1. The Labute approximate surface area is 139 Å². The molecule has 23 heavy (non-hydrogen) atoms. The van der Waals surface area contributed by atoms with Crippen LogP contribution in [0.5, 0.6) is 0 Å². The fourth-order valence-electron chi connectivity index (χ4n) is 2.93. The second kappa shape index (κ2) is 9.01. The number of nitrogens with one attached hydrogen (secondary N) is 1. The highest BCUT2D eigenvalue weighted by atomic mass is 16.3. The first-order chi connectivity index (χ1) is 11.1. The van der Waals surface area contributed by atoms with Gasteiger partial charge in [0.05, 0.1) is 19.2 Å². The van der Waals surface area contributed by atoms with Crippen molar-refractivity contribution in [1.29, 1.82) is 0 Å². The minimum atomic E-state index is 0.0316. The van der Waals surface area contributed by atoms with Crippen LogP contribution in [0.15, 0.2) is 24.3 Å². The van der Waals surface area contributed by atoms with Crippen molar-refractivity contribution in [3.8, 4) is 0 Å². The molecule has 5 nitrogen and oxygen atoms in total. The van der Waals surface area contributed by atoms with Crippen molar-refractivity contribution >= 4 is 5.91 Å². The van der Waals surface area contributed by atoms with Crippen LogP contribution in [-0.2, 0) is 11.2 Å². The van der Waals surface area contributed by atoms with Gasteiger partial charge in [0.2, 0.25) is 5.91 Å². The van der Waals surface area contributed by atoms with E-state index in [4.69, 9.17) is 5.11 Å². The third-order valence-corrected chi connectivity index (χ3v) is 4.51. The van der Waals surface area contributed by atoms with E-state index in [1.54, 1.807) is 0 Å². The molecule has 0 saturated carbocycles. The van der Waals surface area contributed by atoms with Crippen LogP contribution in [0.3, 0.4) is 0 Å². The van der Waals surface area contributed by atoms with E-state index in [9.17, 15) is 4.79 Å². The Balaban J connectivity index is 1.75. The smallest absolute Gasteiger partial charge is 0.234 e. The topological polar surface area (TPSA) is 55.8 Å². The predicted molar refractivity (Wildman–Crippen MR) is 92.3 cm³/mol. The average molecular weight is 319 g/mol. The Kier molecular flexibility index (Phi) is 7.02. The van der Waals surface area contributed by atoms with E-state index < -0.39 is 0 Å². The number of rotatable bonds is 7. The molecule has 0 spiro atoms. The van der Waals surface area contributed by atoms with E-state index in [-0.39, 0.29) is 18.6 Å². The van der Waals surface area contributed by atoms with Gasteiger partial charge in [0.25, 0.3) is 0 Å².